The van der Waals surface area contributed by atoms with E-state index in [0.29, 0.717) is 15.9 Å². The first-order chi connectivity index (χ1) is 11.1. The van der Waals surface area contributed by atoms with Gasteiger partial charge in [0.2, 0.25) is 0 Å². The molecule has 0 unspecified atom stereocenters. The summed E-state index contributed by atoms with van der Waals surface area (Å²) in [5.74, 6) is -0.979. The van der Waals surface area contributed by atoms with Crippen molar-refractivity contribution < 1.29 is 9.90 Å². The van der Waals surface area contributed by atoms with Crippen LogP contribution in [-0.2, 0) is 6.54 Å². The molecule has 0 atom stereocenters. The highest BCUT2D eigenvalue weighted by Crippen LogP contribution is 2.21. The molecule has 2 aromatic heterocycles. The van der Waals surface area contributed by atoms with Crippen LogP contribution in [0.5, 0.6) is 0 Å². The van der Waals surface area contributed by atoms with Crippen molar-refractivity contribution in [2.45, 2.75) is 6.54 Å². The highest BCUT2D eigenvalue weighted by atomic mass is 127. The van der Waals surface area contributed by atoms with Crippen LogP contribution in [0.25, 0.3) is 5.69 Å². The Labute approximate surface area is 146 Å². The van der Waals surface area contributed by atoms with Gasteiger partial charge in [0.25, 0.3) is 0 Å². The molecule has 0 bridgehead atoms. The lowest BCUT2D eigenvalue weighted by Gasteiger charge is -2.09. The number of rotatable bonds is 5. The second-order valence-electron chi connectivity index (χ2n) is 4.81. The summed E-state index contributed by atoms with van der Waals surface area (Å²) in [6.45, 7) is 0.467. The van der Waals surface area contributed by atoms with Crippen molar-refractivity contribution in [3.8, 4) is 5.69 Å². The number of aromatic carboxylic acids is 1. The van der Waals surface area contributed by atoms with Crippen LogP contribution >= 0.6 is 22.6 Å². The molecule has 0 fully saturated rings. The summed E-state index contributed by atoms with van der Waals surface area (Å²) in [7, 11) is 0. The van der Waals surface area contributed by atoms with Crippen molar-refractivity contribution in [1.29, 1.82) is 0 Å². The maximum absolute atomic E-state index is 11.3. The van der Waals surface area contributed by atoms with E-state index in [-0.39, 0.29) is 5.56 Å². The summed E-state index contributed by atoms with van der Waals surface area (Å²) in [5.41, 5.74) is 2.65. The predicted molar refractivity (Wildman–Crippen MR) is 94.8 cm³/mol. The third-order valence-corrected chi connectivity index (χ3v) is 4.08. The molecule has 6 nitrogen and oxygen atoms in total. The van der Waals surface area contributed by atoms with Crippen LogP contribution in [0.1, 0.15) is 15.9 Å². The smallest absolute Gasteiger partial charge is 0.337 e. The van der Waals surface area contributed by atoms with Gasteiger partial charge in [-0.1, -0.05) is 18.2 Å². The average molecular weight is 420 g/mol. The van der Waals surface area contributed by atoms with Crippen molar-refractivity contribution >= 4 is 34.2 Å². The standard InChI is InChI=1S/C16H13IN4O2/c17-15-14(13(16(22)23)6-7-18-15)19-8-11-9-20-21(10-11)12-4-2-1-3-5-12/h1-7,9-10,19H,8H2,(H,22,23). The zero-order chi connectivity index (χ0) is 16.2. The van der Waals surface area contributed by atoms with Gasteiger partial charge < -0.3 is 10.4 Å². The molecular formula is C16H13IN4O2. The minimum absolute atomic E-state index is 0.208. The number of carboxylic acids is 1. The number of halogens is 1. The van der Waals surface area contributed by atoms with Crippen molar-refractivity contribution in [3.63, 3.8) is 0 Å². The Morgan fingerprint density at radius 1 is 1.26 bits per heavy atom. The molecule has 0 aliphatic carbocycles. The first-order valence-electron chi connectivity index (χ1n) is 6.86. The van der Waals surface area contributed by atoms with Gasteiger partial charge in [0, 0.05) is 24.5 Å². The van der Waals surface area contributed by atoms with Crippen LogP contribution in [0.15, 0.2) is 55.0 Å². The molecule has 3 aromatic rings. The number of benzene rings is 1. The number of carboxylic acid groups (broad SMARTS) is 1. The first-order valence-corrected chi connectivity index (χ1v) is 7.93. The number of carbonyl (C=O) groups is 1. The van der Waals surface area contributed by atoms with Gasteiger partial charge in [-0.05, 0) is 40.8 Å². The van der Waals surface area contributed by atoms with Crippen molar-refractivity contribution in [1.82, 2.24) is 14.8 Å². The Kier molecular flexibility index (Phi) is 4.56. The van der Waals surface area contributed by atoms with E-state index in [0.717, 1.165) is 11.3 Å². The van der Waals surface area contributed by atoms with Crippen molar-refractivity contribution in [3.05, 3.63) is 69.8 Å². The number of aromatic nitrogens is 3. The Morgan fingerprint density at radius 3 is 2.78 bits per heavy atom. The molecule has 7 heteroatoms. The van der Waals surface area contributed by atoms with E-state index in [1.165, 1.54) is 12.3 Å². The molecule has 23 heavy (non-hydrogen) atoms. The SMILES string of the molecule is O=C(O)c1ccnc(I)c1NCc1cnn(-c2ccccc2)c1. The molecule has 116 valence electrons. The van der Waals surface area contributed by atoms with Crippen LogP contribution in [0, 0.1) is 3.70 Å². The van der Waals surface area contributed by atoms with E-state index in [1.54, 1.807) is 10.9 Å². The molecule has 0 amide bonds. The fourth-order valence-electron chi connectivity index (χ4n) is 2.15. The van der Waals surface area contributed by atoms with E-state index in [1.807, 2.05) is 59.1 Å². The highest BCUT2D eigenvalue weighted by Gasteiger charge is 2.13. The largest absolute Gasteiger partial charge is 0.478 e. The minimum atomic E-state index is -0.979. The Balaban J connectivity index is 1.78. The Morgan fingerprint density at radius 2 is 2.04 bits per heavy atom. The number of para-hydroxylation sites is 1. The van der Waals surface area contributed by atoms with Crippen LogP contribution in [-0.4, -0.2) is 25.8 Å². The third kappa shape index (κ3) is 3.50. The first kappa shape index (κ1) is 15.5. The van der Waals surface area contributed by atoms with Gasteiger partial charge in [0.1, 0.15) is 3.70 Å². The van der Waals surface area contributed by atoms with Crippen LogP contribution in [0.2, 0.25) is 0 Å². The summed E-state index contributed by atoms with van der Waals surface area (Å²) >= 11 is 2.02. The molecule has 0 aliphatic heterocycles. The molecular weight excluding hydrogens is 407 g/mol. The lowest BCUT2D eigenvalue weighted by atomic mass is 10.2. The monoisotopic (exact) mass is 420 g/mol. The molecule has 0 radical (unpaired) electrons. The van der Waals surface area contributed by atoms with E-state index in [2.05, 4.69) is 15.4 Å². The van der Waals surface area contributed by atoms with Gasteiger partial charge in [-0.2, -0.15) is 5.10 Å². The number of hydrogen-bond donors (Lipinski definition) is 2. The molecule has 3 rings (SSSR count). The van der Waals surface area contributed by atoms with E-state index in [9.17, 15) is 9.90 Å². The predicted octanol–water partition coefficient (Wildman–Crippen LogP) is 3.18. The van der Waals surface area contributed by atoms with E-state index >= 15 is 0 Å². The van der Waals surface area contributed by atoms with Crippen molar-refractivity contribution in [2.24, 2.45) is 0 Å². The molecule has 2 N–H and O–H groups in total. The lowest BCUT2D eigenvalue weighted by molar-refractivity contribution is 0.0697. The number of nitrogens with zero attached hydrogens (tertiary/aromatic N) is 3. The fourth-order valence-corrected chi connectivity index (χ4v) is 2.79. The average Bonchev–Trinajstić information content (AvgIpc) is 3.03. The second kappa shape index (κ2) is 6.78. The summed E-state index contributed by atoms with van der Waals surface area (Å²) < 4.78 is 2.40. The topological polar surface area (TPSA) is 80.0 Å². The number of anilines is 1. The number of hydrogen-bond acceptors (Lipinski definition) is 4. The quantitative estimate of drug-likeness (QED) is 0.490. The molecule has 0 saturated heterocycles. The van der Waals surface area contributed by atoms with Gasteiger partial charge in [-0.15, -0.1) is 0 Å². The Bertz CT molecular complexity index is 833. The molecule has 2 heterocycles. The van der Waals surface area contributed by atoms with E-state index in [4.69, 9.17) is 0 Å². The highest BCUT2D eigenvalue weighted by molar-refractivity contribution is 14.1. The van der Waals surface area contributed by atoms with Gasteiger partial charge >= 0.3 is 5.97 Å². The lowest BCUT2D eigenvalue weighted by Crippen LogP contribution is -2.08. The van der Waals surface area contributed by atoms with Gasteiger partial charge in [0.15, 0.2) is 0 Å². The van der Waals surface area contributed by atoms with Gasteiger partial charge in [-0.25, -0.2) is 14.5 Å². The zero-order valence-electron chi connectivity index (χ0n) is 12.0. The van der Waals surface area contributed by atoms with Crippen LogP contribution < -0.4 is 5.32 Å². The summed E-state index contributed by atoms with van der Waals surface area (Å²) in [4.78, 5) is 15.4. The Hall–Kier alpha value is -2.42. The maximum Gasteiger partial charge on any atom is 0.337 e. The van der Waals surface area contributed by atoms with E-state index < -0.39 is 5.97 Å². The summed E-state index contributed by atoms with van der Waals surface area (Å²) in [5, 5.41) is 16.7. The summed E-state index contributed by atoms with van der Waals surface area (Å²) in [6.07, 6.45) is 5.15. The number of pyridine rings is 1. The normalized spacial score (nSPS) is 10.5. The molecule has 0 spiro atoms. The third-order valence-electron chi connectivity index (χ3n) is 3.26. The van der Waals surface area contributed by atoms with Crippen LogP contribution in [0.3, 0.4) is 0 Å². The van der Waals surface area contributed by atoms with Crippen molar-refractivity contribution in [2.75, 3.05) is 5.32 Å². The number of nitrogens with one attached hydrogen (secondary N) is 1. The molecule has 1 aromatic carbocycles. The maximum atomic E-state index is 11.3. The summed E-state index contributed by atoms with van der Waals surface area (Å²) in [6, 6.07) is 11.3. The molecule has 0 aliphatic rings. The van der Waals surface area contributed by atoms with Gasteiger partial charge in [0.05, 0.1) is 23.1 Å². The zero-order valence-corrected chi connectivity index (χ0v) is 14.1. The van der Waals surface area contributed by atoms with Gasteiger partial charge in [-0.3, -0.25) is 0 Å². The molecule has 0 saturated carbocycles. The fraction of sp³-hybridized carbons (Fsp3) is 0.0625. The minimum Gasteiger partial charge on any atom is -0.478 e. The van der Waals surface area contributed by atoms with Crippen LogP contribution in [0.4, 0.5) is 5.69 Å². The second-order valence-corrected chi connectivity index (χ2v) is 5.83.